The zero-order valence-electron chi connectivity index (χ0n) is 23.3. The second-order valence-electron chi connectivity index (χ2n) is 10.3. The molecule has 0 saturated carbocycles. The highest BCUT2D eigenvalue weighted by Crippen LogP contribution is 2.32. The summed E-state index contributed by atoms with van der Waals surface area (Å²) in [5.74, 6) is 0.0502. The van der Waals surface area contributed by atoms with Gasteiger partial charge in [-0.25, -0.2) is 14.0 Å². The standard InChI is InChI=1S/C33H29Cl2N3O3S/c1-20(2)23-5-4-6-24(16-23)22-9-7-21(8-10-22)15-32-36-31(27-13-11-25(34)17-29(27)35)19-38(32)26-12-14-28(33(39)40)30(18-26)37-42(3)41/h4-14,16-20,37H,15H2,1-3H3,(H,39,40). The molecule has 1 heterocycles. The molecule has 0 saturated heterocycles. The number of nitrogens with zero attached hydrogens (tertiary/aromatic N) is 2. The summed E-state index contributed by atoms with van der Waals surface area (Å²) < 4.78 is 16.6. The fourth-order valence-electron chi connectivity index (χ4n) is 4.78. The summed E-state index contributed by atoms with van der Waals surface area (Å²) in [6.07, 6.45) is 3.81. The summed E-state index contributed by atoms with van der Waals surface area (Å²) in [6.45, 7) is 4.37. The first-order chi connectivity index (χ1) is 20.1. The van der Waals surface area contributed by atoms with Gasteiger partial charge in [0.1, 0.15) is 16.8 Å². The Balaban J connectivity index is 1.56. The van der Waals surface area contributed by atoms with Crippen molar-refractivity contribution in [2.24, 2.45) is 0 Å². The smallest absolute Gasteiger partial charge is 0.337 e. The third kappa shape index (κ3) is 6.59. The van der Waals surface area contributed by atoms with Crippen molar-refractivity contribution in [1.82, 2.24) is 9.55 Å². The first-order valence-corrected chi connectivity index (χ1v) is 15.6. The van der Waals surface area contributed by atoms with Crippen LogP contribution >= 0.6 is 23.2 Å². The molecule has 0 radical (unpaired) electrons. The van der Waals surface area contributed by atoms with Crippen LogP contribution in [0.15, 0.2) is 91.1 Å². The van der Waals surface area contributed by atoms with Crippen molar-refractivity contribution in [3.63, 3.8) is 0 Å². The van der Waals surface area contributed by atoms with Crippen LogP contribution in [0.2, 0.25) is 10.0 Å². The number of halogens is 2. The van der Waals surface area contributed by atoms with E-state index < -0.39 is 17.0 Å². The van der Waals surface area contributed by atoms with E-state index >= 15 is 0 Å². The van der Waals surface area contributed by atoms with Crippen molar-refractivity contribution in [2.75, 3.05) is 11.0 Å². The molecule has 6 nitrogen and oxygen atoms in total. The molecular weight excluding hydrogens is 589 g/mol. The van der Waals surface area contributed by atoms with Crippen LogP contribution < -0.4 is 4.72 Å². The average molecular weight is 619 g/mol. The molecule has 5 rings (SSSR count). The average Bonchev–Trinajstić information content (AvgIpc) is 3.36. The van der Waals surface area contributed by atoms with Crippen LogP contribution in [0.25, 0.3) is 28.1 Å². The highest BCUT2D eigenvalue weighted by atomic mass is 35.5. The van der Waals surface area contributed by atoms with E-state index in [2.05, 4.69) is 67.1 Å². The lowest BCUT2D eigenvalue weighted by atomic mass is 9.96. The highest BCUT2D eigenvalue weighted by molar-refractivity contribution is 7.85. The molecule has 5 aromatic rings. The Labute approximate surface area is 257 Å². The normalized spacial score (nSPS) is 12.0. The maximum atomic E-state index is 11.9. The van der Waals surface area contributed by atoms with Crippen molar-refractivity contribution in [3.05, 3.63) is 124 Å². The van der Waals surface area contributed by atoms with Gasteiger partial charge in [0, 0.05) is 35.1 Å². The Morgan fingerprint density at radius 3 is 2.40 bits per heavy atom. The van der Waals surface area contributed by atoms with Crippen LogP contribution in [-0.2, 0) is 17.4 Å². The fourth-order valence-corrected chi connectivity index (χ4v) is 5.76. The predicted molar refractivity (Wildman–Crippen MR) is 172 cm³/mol. The summed E-state index contributed by atoms with van der Waals surface area (Å²) in [6, 6.07) is 27.1. The van der Waals surface area contributed by atoms with Crippen molar-refractivity contribution < 1.29 is 14.1 Å². The Bertz CT molecular complexity index is 1800. The maximum Gasteiger partial charge on any atom is 0.337 e. The Morgan fingerprint density at radius 2 is 1.74 bits per heavy atom. The molecule has 42 heavy (non-hydrogen) atoms. The zero-order valence-corrected chi connectivity index (χ0v) is 25.6. The summed E-state index contributed by atoms with van der Waals surface area (Å²) in [5, 5.41) is 10.7. The molecule has 2 N–H and O–H groups in total. The molecule has 9 heteroatoms. The van der Waals surface area contributed by atoms with Crippen LogP contribution in [0.1, 0.15) is 47.1 Å². The number of hydrogen-bond donors (Lipinski definition) is 2. The van der Waals surface area contributed by atoms with E-state index in [1.807, 2.05) is 16.8 Å². The molecule has 0 aliphatic rings. The van der Waals surface area contributed by atoms with Crippen molar-refractivity contribution in [2.45, 2.75) is 26.2 Å². The van der Waals surface area contributed by atoms with Gasteiger partial charge < -0.3 is 14.4 Å². The Hall–Kier alpha value is -3.91. The van der Waals surface area contributed by atoms with Gasteiger partial charge >= 0.3 is 5.97 Å². The van der Waals surface area contributed by atoms with Crippen LogP contribution in [0.4, 0.5) is 5.69 Å². The first kappa shape index (κ1) is 29.6. The lowest BCUT2D eigenvalue weighted by molar-refractivity contribution is 0.0698. The zero-order chi connectivity index (χ0) is 30.0. The number of rotatable bonds is 9. The number of benzene rings is 4. The number of hydrogen-bond acceptors (Lipinski definition) is 3. The molecule has 0 bridgehead atoms. The fraction of sp³-hybridized carbons (Fsp3) is 0.152. The van der Waals surface area contributed by atoms with Gasteiger partial charge in [0.05, 0.1) is 22.0 Å². The number of aromatic nitrogens is 2. The van der Waals surface area contributed by atoms with E-state index in [0.717, 1.165) is 22.5 Å². The van der Waals surface area contributed by atoms with Gasteiger partial charge in [0.25, 0.3) is 0 Å². The van der Waals surface area contributed by atoms with Gasteiger partial charge in [-0.15, -0.1) is 0 Å². The second-order valence-corrected chi connectivity index (χ2v) is 12.2. The molecule has 214 valence electrons. The van der Waals surface area contributed by atoms with Gasteiger partial charge in [0.15, 0.2) is 0 Å². The molecule has 0 aliphatic heterocycles. The third-order valence-corrected chi connectivity index (χ3v) is 8.01. The summed E-state index contributed by atoms with van der Waals surface area (Å²) in [5.41, 5.74) is 6.94. The monoisotopic (exact) mass is 617 g/mol. The molecule has 1 unspecified atom stereocenters. The predicted octanol–water partition coefficient (Wildman–Crippen LogP) is 8.63. The van der Waals surface area contributed by atoms with Crippen molar-refractivity contribution in [1.29, 1.82) is 0 Å². The minimum Gasteiger partial charge on any atom is -0.478 e. The number of carbonyl (C=O) groups is 1. The maximum absolute atomic E-state index is 11.9. The van der Waals surface area contributed by atoms with E-state index in [1.54, 1.807) is 24.3 Å². The molecule has 4 aromatic carbocycles. The van der Waals surface area contributed by atoms with Crippen LogP contribution in [-0.4, -0.2) is 31.1 Å². The van der Waals surface area contributed by atoms with Crippen LogP contribution in [0, 0.1) is 0 Å². The van der Waals surface area contributed by atoms with E-state index in [4.69, 9.17) is 28.2 Å². The molecule has 0 spiro atoms. The van der Waals surface area contributed by atoms with Gasteiger partial charge in [-0.1, -0.05) is 85.6 Å². The SMILES string of the molecule is CC(C)c1cccc(-c2ccc(Cc3nc(-c4ccc(Cl)cc4Cl)cn3-c3ccc(C(=O)O)c(NS(C)=O)c3)cc2)c1. The number of carboxylic acid groups (broad SMARTS) is 1. The van der Waals surface area contributed by atoms with Crippen molar-refractivity contribution in [3.8, 4) is 28.1 Å². The van der Waals surface area contributed by atoms with Crippen LogP contribution in [0.5, 0.6) is 0 Å². The number of carboxylic acids is 1. The number of anilines is 1. The van der Waals surface area contributed by atoms with E-state index in [9.17, 15) is 14.1 Å². The minimum atomic E-state index is -1.47. The van der Waals surface area contributed by atoms with Gasteiger partial charge in [-0.2, -0.15) is 0 Å². The second kappa shape index (κ2) is 12.5. The van der Waals surface area contributed by atoms with Crippen LogP contribution in [0.3, 0.4) is 0 Å². The quantitative estimate of drug-likeness (QED) is 0.173. The lowest BCUT2D eigenvalue weighted by Crippen LogP contribution is -2.09. The molecular formula is C33H29Cl2N3O3S. The number of imidazole rings is 1. The molecule has 0 fully saturated rings. The molecule has 0 amide bonds. The summed E-state index contributed by atoms with van der Waals surface area (Å²) >= 11 is 12.7. The first-order valence-electron chi connectivity index (χ1n) is 13.3. The van der Waals surface area contributed by atoms with E-state index in [-0.39, 0.29) is 11.3 Å². The Kier molecular flexibility index (Phi) is 8.82. The lowest BCUT2D eigenvalue weighted by Gasteiger charge is -2.13. The topological polar surface area (TPSA) is 84.2 Å². The minimum absolute atomic E-state index is 0.0220. The summed E-state index contributed by atoms with van der Waals surface area (Å²) in [4.78, 5) is 16.8. The van der Waals surface area contributed by atoms with E-state index in [0.29, 0.717) is 33.8 Å². The molecule has 0 aliphatic carbocycles. The molecule has 1 aromatic heterocycles. The number of nitrogens with one attached hydrogen (secondary N) is 1. The van der Waals surface area contributed by atoms with Gasteiger partial charge in [-0.3, -0.25) is 0 Å². The highest BCUT2D eigenvalue weighted by Gasteiger charge is 2.18. The Morgan fingerprint density at radius 1 is 0.976 bits per heavy atom. The van der Waals surface area contributed by atoms with Gasteiger partial charge in [-0.05, 0) is 64.6 Å². The largest absolute Gasteiger partial charge is 0.478 e. The van der Waals surface area contributed by atoms with Gasteiger partial charge in [0.2, 0.25) is 0 Å². The molecule has 1 atom stereocenters. The van der Waals surface area contributed by atoms with Crippen molar-refractivity contribution >= 4 is 45.8 Å². The number of aromatic carboxylic acids is 1. The third-order valence-electron chi connectivity index (χ3n) is 6.95. The summed E-state index contributed by atoms with van der Waals surface area (Å²) in [7, 11) is -1.47. The van der Waals surface area contributed by atoms with E-state index in [1.165, 1.54) is 23.4 Å².